The molecule has 1 aromatic carbocycles. The smallest absolute Gasteiger partial charge is 0.202 e. The molecule has 1 aromatic heterocycles. The molecule has 0 aliphatic heterocycles. The molecule has 0 fully saturated rings. The van der Waals surface area contributed by atoms with Crippen molar-refractivity contribution >= 4 is 5.95 Å². The average molecular weight is 231 g/mol. The predicted octanol–water partition coefficient (Wildman–Crippen LogP) is 2.26. The quantitative estimate of drug-likeness (QED) is 0.830. The molecule has 0 saturated carbocycles. The van der Waals surface area contributed by atoms with E-state index >= 15 is 0 Å². The van der Waals surface area contributed by atoms with Crippen LogP contribution in [0.4, 0.5) is 5.95 Å². The minimum Gasteiger partial charge on any atom is -0.508 e. The van der Waals surface area contributed by atoms with Crippen LogP contribution in [0, 0.1) is 0 Å². The Kier molecular flexibility index (Phi) is 3.65. The number of imidazole rings is 1. The van der Waals surface area contributed by atoms with Crippen LogP contribution in [-0.4, -0.2) is 21.2 Å². The van der Waals surface area contributed by atoms with Crippen LogP contribution >= 0.6 is 0 Å². The summed E-state index contributed by atoms with van der Waals surface area (Å²) in [5.74, 6) is 1.22. The Morgan fingerprint density at radius 3 is 2.76 bits per heavy atom. The zero-order valence-corrected chi connectivity index (χ0v) is 9.93. The third-order valence-electron chi connectivity index (χ3n) is 2.69. The standard InChI is InChI=1S/C13H17N3O/c1-2-16-10-9-15-13(16)14-8-7-11-3-5-12(17)6-4-11/h3-6,9-10,17H,2,7-8H2,1H3,(H,14,15). The van der Waals surface area contributed by atoms with E-state index in [1.165, 1.54) is 5.56 Å². The lowest BCUT2D eigenvalue weighted by atomic mass is 10.1. The van der Waals surface area contributed by atoms with Crippen molar-refractivity contribution in [3.8, 4) is 5.75 Å². The number of nitrogens with one attached hydrogen (secondary N) is 1. The van der Waals surface area contributed by atoms with E-state index in [1.807, 2.05) is 18.3 Å². The van der Waals surface area contributed by atoms with Gasteiger partial charge in [-0.3, -0.25) is 0 Å². The molecule has 2 rings (SSSR count). The lowest BCUT2D eigenvalue weighted by Crippen LogP contribution is -2.09. The fourth-order valence-electron chi connectivity index (χ4n) is 1.71. The normalized spacial score (nSPS) is 10.4. The van der Waals surface area contributed by atoms with Gasteiger partial charge in [-0.1, -0.05) is 12.1 Å². The zero-order valence-electron chi connectivity index (χ0n) is 9.93. The predicted molar refractivity (Wildman–Crippen MR) is 68.2 cm³/mol. The summed E-state index contributed by atoms with van der Waals surface area (Å²) in [6, 6.07) is 7.29. The third-order valence-corrected chi connectivity index (χ3v) is 2.69. The van der Waals surface area contributed by atoms with Gasteiger partial charge in [0.1, 0.15) is 5.75 Å². The molecule has 0 spiro atoms. The number of hydrogen-bond donors (Lipinski definition) is 2. The fraction of sp³-hybridized carbons (Fsp3) is 0.308. The van der Waals surface area contributed by atoms with Gasteiger partial charge in [0.15, 0.2) is 0 Å². The van der Waals surface area contributed by atoms with Crippen molar-refractivity contribution < 1.29 is 5.11 Å². The number of aromatic hydroxyl groups is 1. The second kappa shape index (κ2) is 5.39. The molecule has 90 valence electrons. The number of aryl methyl sites for hydroxylation is 1. The van der Waals surface area contributed by atoms with Crippen LogP contribution in [0.5, 0.6) is 5.75 Å². The summed E-state index contributed by atoms with van der Waals surface area (Å²) < 4.78 is 2.07. The Hall–Kier alpha value is -1.97. The Labute approximate surface area is 101 Å². The van der Waals surface area contributed by atoms with E-state index in [4.69, 9.17) is 0 Å². The van der Waals surface area contributed by atoms with Crippen molar-refractivity contribution in [3.05, 3.63) is 42.2 Å². The van der Waals surface area contributed by atoms with Crippen LogP contribution in [0.1, 0.15) is 12.5 Å². The van der Waals surface area contributed by atoms with Gasteiger partial charge in [0, 0.05) is 25.5 Å². The summed E-state index contributed by atoms with van der Waals surface area (Å²) in [5.41, 5.74) is 1.20. The molecular weight excluding hydrogens is 214 g/mol. The summed E-state index contributed by atoms with van der Waals surface area (Å²) in [7, 11) is 0. The first-order valence-electron chi connectivity index (χ1n) is 5.82. The molecule has 4 nitrogen and oxygen atoms in total. The van der Waals surface area contributed by atoms with Crippen molar-refractivity contribution in [2.45, 2.75) is 19.9 Å². The van der Waals surface area contributed by atoms with Crippen molar-refractivity contribution in [1.82, 2.24) is 9.55 Å². The maximum absolute atomic E-state index is 9.17. The van der Waals surface area contributed by atoms with Crippen LogP contribution in [0.2, 0.25) is 0 Å². The second-order valence-electron chi connectivity index (χ2n) is 3.88. The molecule has 0 aliphatic carbocycles. The van der Waals surface area contributed by atoms with Gasteiger partial charge in [-0.25, -0.2) is 4.98 Å². The van der Waals surface area contributed by atoms with Gasteiger partial charge < -0.3 is 15.0 Å². The van der Waals surface area contributed by atoms with Crippen LogP contribution in [0.25, 0.3) is 0 Å². The largest absolute Gasteiger partial charge is 0.508 e. The van der Waals surface area contributed by atoms with Crippen molar-refractivity contribution in [3.63, 3.8) is 0 Å². The van der Waals surface area contributed by atoms with E-state index in [-0.39, 0.29) is 0 Å². The molecule has 0 amide bonds. The minimum atomic E-state index is 0.309. The van der Waals surface area contributed by atoms with E-state index in [1.54, 1.807) is 18.3 Å². The average Bonchev–Trinajstić information content (AvgIpc) is 2.79. The molecule has 17 heavy (non-hydrogen) atoms. The maximum atomic E-state index is 9.17. The van der Waals surface area contributed by atoms with E-state index in [0.717, 1.165) is 25.5 Å². The Morgan fingerprint density at radius 1 is 1.29 bits per heavy atom. The van der Waals surface area contributed by atoms with Gasteiger partial charge in [0.05, 0.1) is 0 Å². The second-order valence-corrected chi connectivity index (χ2v) is 3.88. The van der Waals surface area contributed by atoms with Gasteiger partial charge in [-0.05, 0) is 31.0 Å². The summed E-state index contributed by atoms with van der Waals surface area (Å²) in [5, 5.41) is 12.5. The van der Waals surface area contributed by atoms with Crippen molar-refractivity contribution in [2.24, 2.45) is 0 Å². The SMILES string of the molecule is CCn1ccnc1NCCc1ccc(O)cc1. The summed E-state index contributed by atoms with van der Waals surface area (Å²) in [4.78, 5) is 4.24. The number of anilines is 1. The van der Waals surface area contributed by atoms with Crippen molar-refractivity contribution in [2.75, 3.05) is 11.9 Å². The number of benzene rings is 1. The first-order chi connectivity index (χ1) is 8.29. The first-order valence-corrected chi connectivity index (χ1v) is 5.82. The summed E-state index contributed by atoms with van der Waals surface area (Å²) in [6.07, 6.45) is 4.67. The molecule has 0 atom stereocenters. The Bertz CT molecular complexity index is 462. The highest BCUT2D eigenvalue weighted by Gasteiger charge is 1.99. The van der Waals surface area contributed by atoms with Gasteiger partial charge in [-0.2, -0.15) is 0 Å². The van der Waals surface area contributed by atoms with Gasteiger partial charge in [0.25, 0.3) is 0 Å². The number of phenols is 1. The Balaban J connectivity index is 1.85. The highest BCUT2D eigenvalue weighted by molar-refractivity contribution is 5.29. The molecule has 0 bridgehead atoms. The van der Waals surface area contributed by atoms with Crippen LogP contribution in [0.3, 0.4) is 0 Å². The van der Waals surface area contributed by atoms with Gasteiger partial charge in [0.2, 0.25) is 5.95 Å². The van der Waals surface area contributed by atoms with Crippen LogP contribution < -0.4 is 5.32 Å². The number of rotatable bonds is 5. The van der Waals surface area contributed by atoms with E-state index in [0.29, 0.717) is 5.75 Å². The first kappa shape index (κ1) is 11.5. The molecule has 0 saturated heterocycles. The van der Waals surface area contributed by atoms with E-state index < -0.39 is 0 Å². The highest BCUT2D eigenvalue weighted by Crippen LogP contribution is 2.10. The summed E-state index contributed by atoms with van der Waals surface area (Å²) in [6.45, 7) is 3.84. The molecule has 2 aromatic rings. The molecule has 1 heterocycles. The number of hydrogen-bond acceptors (Lipinski definition) is 3. The molecule has 2 N–H and O–H groups in total. The van der Waals surface area contributed by atoms with E-state index in [2.05, 4.69) is 21.8 Å². The molecule has 4 heteroatoms. The molecule has 0 unspecified atom stereocenters. The van der Waals surface area contributed by atoms with Gasteiger partial charge >= 0.3 is 0 Å². The lowest BCUT2D eigenvalue weighted by molar-refractivity contribution is 0.475. The molecule has 0 aliphatic rings. The zero-order chi connectivity index (χ0) is 12.1. The van der Waals surface area contributed by atoms with Gasteiger partial charge in [-0.15, -0.1) is 0 Å². The van der Waals surface area contributed by atoms with Crippen LogP contribution in [0.15, 0.2) is 36.7 Å². The molecular formula is C13H17N3O. The van der Waals surface area contributed by atoms with Crippen molar-refractivity contribution in [1.29, 1.82) is 0 Å². The monoisotopic (exact) mass is 231 g/mol. The van der Waals surface area contributed by atoms with Crippen LogP contribution in [-0.2, 0) is 13.0 Å². The topological polar surface area (TPSA) is 50.1 Å². The maximum Gasteiger partial charge on any atom is 0.202 e. The number of phenolic OH excluding ortho intramolecular Hbond substituents is 1. The number of aromatic nitrogens is 2. The molecule has 0 radical (unpaired) electrons. The fourth-order valence-corrected chi connectivity index (χ4v) is 1.71. The summed E-state index contributed by atoms with van der Waals surface area (Å²) >= 11 is 0. The lowest BCUT2D eigenvalue weighted by Gasteiger charge is -2.07. The third kappa shape index (κ3) is 3.00. The Morgan fingerprint density at radius 2 is 2.06 bits per heavy atom. The van der Waals surface area contributed by atoms with E-state index in [9.17, 15) is 5.11 Å². The minimum absolute atomic E-state index is 0.309. The highest BCUT2D eigenvalue weighted by atomic mass is 16.3. The number of nitrogens with zero attached hydrogens (tertiary/aromatic N) is 2.